The lowest BCUT2D eigenvalue weighted by molar-refractivity contribution is -0.138. The van der Waals surface area contributed by atoms with Crippen LogP contribution >= 0.6 is 23.2 Å². The summed E-state index contributed by atoms with van der Waals surface area (Å²) >= 11 is 11.8. The first-order valence-corrected chi connectivity index (χ1v) is 7.13. The van der Waals surface area contributed by atoms with E-state index in [0.717, 1.165) is 5.56 Å². The predicted octanol–water partition coefficient (Wildman–Crippen LogP) is 2.36. The molecule has 0 spiro atoms. The smallest absolute Gasteiger partial charge is 0.304 e. The molecule has 0 fully saturated rings. The Kier molecular flexibility index (Phi) is 6.95. The molecule has 0 saturated heterocycles. The van der Waals surface area contributed by atoms with Crippen molar-refractivity contribution in [1.82, 2.24) is 9.80 Å². The van der Waals surface area contributed by atoms with Crippen LogP contribution in [0.15, 0.2) is 18.2 Å². The van der Waals surface area contributed by atoms with Gasteiger partial charge < -0.3 is 10.0 Å². The maximum absolute atomic E-state index is 12.0. The minimum absolute atomic E-state index is 0.0113. The number of carbonyl (C=O) groups excluding carboxylic acids is 1. The number of likely N-dealkylation sites (N-methyl/N-ethyl adjacent to an activating group) is 2. The van der Waals surface area contributed by atoms with E-state index in [4.69, 9.17) is 28.3 Å². The van der Waals surface area contributed by atoms with E-state index in [-0.39, 0.29) is 18.9 Å². The molecule has 116 valence electrons. The van der Waals surface area contributed by atoms with Crippen LogP contribution in [0.1, 0.15) is 12.0 Å². The van der Waals surface area contributed by atoms with E-state index in [1.807, 2.05) is 0 Å². The van der Waals surface area contributed by atoms with Gasteiger partial charge in [-0.3, -0.25) is 14.5 Å². The van der Waals surface area contributed by atoms with Crippen molar-refractivity contribution in [2.24, 2.45) is 0 Å². The largest absolute Gasteiger partial charge is 0.481 e. The molecule has 0 aromatic heterocycles. The van der Waals surface area contributed by atoms with Gasteiger partial charge in [0.2, 0.25) is 5.91 Å². The molecule has 0 bridgehead atoms. The lowest BCUT2D eigenvalue weighted by atomic mass is 10.2. The van der Waals surface area contributed by atoms with Crippen LogP contribution in [0.2, 0.25) is 10.0 Å². The summed E-state index contributed by atoms with van der Waals surface area (Å²) in [6.45, 7) is 0.891. The first kappa shape index (κ1) is 17.8. The minimum atomic E-state index is -0.878. The van der Waals surface area contributed by atoms with Gasteiger partial charge in [-0.1, -0.05) is 23.2 Å². The number of carbonyl (C=O) groups is 2. The van der Waals surface area contributed by atoms with Crippen LogP contribution in [0.4, 0.5) is 0 Å². The van der Waals surface area contributed by atoms with Gasteiger partial charge in [-0.25, -0.2) is 0 Å². The third-order valence-electron chi connectivity index (χ3n) is 2.88. The average molecular weight is 333 g/mol. The number of halogens is 2. The average Bonchev–Trinajstić information content (AvgIpc) is 2.34. The van der Waals surface area contributed by atoms with Gasteiger partial charge in [-0.05, 0) is 30.8 Å². The van der Waals surface area contributed by atoms with Crippen LogP contribution in [0.25, 0.3) is 0 Å². The quantitative estimate of drug-likeness (QED) is 0.832. The number of hydrogen-bond donors (Lipinski definition) is 1. The van der Waals surface area contributed by atoms with Gasteiger partial charge in [-0.2, -0.15) is 0 Å². The fourth-order valence-electron chi connectivity index (χ4n) is 1.78. The number of benzene rings is 1. The molecule has 0 aliphatic heterocycles. The summed E-state index contributed by atoms with van der Waals surface area (Å²) in [6, 6.07) is 5.14. The molecule has 0 radical (unpaired) electrons. The highest BCUT2D eigenvalue weighted by Gasteiger charge is 2.13. The van der Waals surface area contributed by atoms with Crippen molar-refractivity contribution >= 4 is 35.1 Å². The maximum atomic E-state index is 12.0. The van der Waals surface area contributed by atoms with Gasteiger partial charge in [0, 0.05) is 30.2 Å². The Bertz CT molecular complexity index is 503. The Morgan fingerprint density at radius 1 is 1.14 bits per heavy atom. The fourth-order valence-corrected chi connectivity index (χ4v) is 2.35. The topological polar surface area (TPSA) is 60.9 Å². The Morgan fingerprint density at radius 3 is 2.24 bits per heavy atom. The summed E-state index contributed by atoms with van der Waals surface area (Å²) in [6.07, 6.45) is 0.0113. The first-order valence-electron chi connectivity index (χ1n) is 6.37. The van der Waals surface area contributed by atoms with Crippen LogP contribution < -0.4 is 0 Å². The van der Waals surface area contributed by atoms with Crippen molar-refractivity contribution in [3.63, 3.8) is 0 Å². The van der Waals surface area contributed by atoms with Crippen molar-refractivity contribution in [3.05, 3.63) is 33.8 Å². The highest BCUT2D eigenvalue weighted by Crippen LogP contribution is 2.19. The van der Waals surface area contributed by atoms with Crippen LogP contribution in [-0.2, 0) is 16.1 Å². The first-order chi connectivity index (χ1) is 9.77. The van der Waals surface area contributed by atoms with E-state index in [1.165, 1.54) is 0 Å². The van der Waals surface area contributed by atoms with Gasteiger partial charge >= 0.3 is 5.97 Å². The minimum Gasteiger partial charge on any atom is -0.481 e. The molecule has 1 rings (SSSR count). The van der Waals surface area contributed by atoms with Crippen LogP contribution in [-0.4, -0.2) is 54.0 Å². The maximum Gasteiger partial charge on any atom is 0.304 e. The number of rotatable bonds is 7. The summed E-state index contributed by atoms with van der Waals surface area (Å²) in [5.74, 6) is -0.977. The monoisotopic (exact) mass is 332 g/mol. The number of carboxylic acids is 1. The number of amides is 1. The molecule has 0 atom stereocenters. The SMILES string of the molecule is CN(CCC(=O)O)CC(=O)N(C)Cc1cc(Cl)cc(Cl)c1. The van der Waals surface area contributed by atoms with Crippen molar-refractivity contribution < 1.29 is 14.7 Å². The number of hydrogen-bond acceptors (Lipinski definition) is 3. The summed E-state index contributed by atoms with van der Waals surface area (Å²) < 4.78 is 0. The zero-order valence-corrected chi connectivity index (χ0v) is 13.5. The molecule has 5 nitrogen and oxygen atoms in total. The molecule has 1 N–H and O–H groups in total. The predicted molar refractivity (Wildman–Crippen MR) is 82.7 cm³/mol. The highest BCUT2D eigenvalue weighted by molar-refractivity contribution is 6.34. The molecular formula is C14H18Cl2N2O3. The Morgan fingerprint density at radius 2 is 1.71 bits per heavy atom. The van der Waals surface area contributed by atoms with Gasteiger partial charge in [-0.15, -0.1) is 0 Å². The van der Waals surface area contributed by atoms with E-state index in [2.05, 4.69) is 0 Å². The Balaban J connectivity index is 2.52. The van der Waals surface area contributed by atoms with Gasteiger partial charge in [0.05, 0.1) is 13.0 Å². The van der Waals surface area contributed by atoms with E-state index in [0.29, 0.717) is 23.1 Å². The standard InChI is InChI=1S/C14H18Cl2N2O3/c1-17(4-3-14(20)21)9-13(19)18(2)8-10-5-11(15)7-12(16)6-10/h5-7H,3-4,8-9H2,1-2H3,(H,20,21). The zero-order chi connectivity index (χ0) is 16.0. The molecule has 1 aromatic carbocycles. The molecule has 0 unspecified atom stereocenters. The Labute approximate surface area is 134 Å². The number of carboxylic acid groups (broad SMARTS) is 1. The zero-order valence-electron chi connectivity index (χ0n) is 12.0. The molecule has 0 saturated carbocycles. The van der Waals surface area contributed by atoms with E-state index < -0.39 is 5.97 Å². The van der Waals surface area contributed by atoms with Gasteiger partial charge in [0.15, 0.2) is 0 Å². The van der Waals surface area contributed by atoms with Gasteiger partial charge in [0.1, 0.15) is 0 Å². The van der Waals surface area contributed by atoms with E-state index in [1.54, 1.807) is 42.1 Å². The molecule has 21 heavy (non-hydrogen) atoms. The molecular weight excluding hydrogens is 315 g/mol. The van der Waals surface area contributed by atoms with Crippen LogP contribution in [0.3, 0.4) is 0 Å². The number of nitrogens with zero attached hydrogens (tertiary/aromatic N) is 2. The molecule has 1 aromatic rings. The lowest BCUT2D eigenvalue weighted by Crippen LogP contribution is -2.37. The number of aliphatic carboxylic acids is 1. The molecule has 0 aliphatic rings. The lowest BCUT2D eigenvalue weighted by Gasteiger charge is -2.21. The second-order valence-electron chi connectivity index (χ2n) is 4.91. The Hall–Kier alpha value is -1.30. The summed E-state index contributed by atoms with van der Waals surface area (Å²) in [4.78, 5) is 25.8. The fraction of sp³-hybridized carbons (Fsp3) is 0.429. The van der Waals surface area contributed by atoms with Crippen molar-refractivity contribution in [3.8, 4) is 0 Å². The van der Waals surface area contributed by atoms with Crippen molar-refractivity contribution in [2.75, 3.05) is 27.2 Å². The van der Waals surface area contributed by atoms with Crippen molar-refractivity contribution in [2.45, 2.75) is 13.0 Å². The summed E-state index contributed by atoms with van der Waals surface area (Å²) in [5, 5.41) is 9.66. The third kappa shape index (κ3) is 6.80. The van der Waals surface area contributed by atoms with Crippen LogP contribution in [0, 0.1) is 0 Å². The highest BCUT2D eigenvalue weighted by atomic mass is 35.5. The molecule has 0 aliphatic carbocycles. The summed E-state index contributed by atoms with van der Waals surface area (Å²) in [7, 11) is 3.40. The molecule has 0 heterocycles. The van der Waals surface area contributed by atoms with Gasteiger partial charge in [0.25, 0.3) is 0 Å². The third-order valence-corrected chi connectivity index (χ3v) is 3.32. The second-order valence-corrected chi connectivity index (χ2v) is 5.78. The molecule has 1 amide bonds. The normalized spacial score (nSPS) is 10.7. The molecule has 7 heteroatoms. The second kappa shape index (κ2) is 8.22. The summed E-state index contributed by atoms with van der Waals surface area (Å²) in [5.41, 5.74) is 0.844. The van der Waals surface area contributed by atoms with Crippen LogP contribution in [0.5, 0.6) is 0 Å². The van der Waals surface area contributed by atoms with E-state index in [9.17, 15) is 9.59 Å². The van der Waals surface area contributed by atoms with Crippen molar-refractivity contribution in [1.29, 1.82) is 0 Å². The van der Waals surface area contributed by atoms with E-state index >= 15 is 0 Å².